The molecule has 1 aromatic carbocycles. The van der Waals surface area contributed by atoms with E-state index in [1.54, 1.807) is 6.08 Å². The molecular weight excluding hydrogens is 343 g/mol. The van der Waals surface area contributed by atoms with Crippen LogP contribution in [0.4, 0.5) is 9.18 Å². The van der Waals surface area contributed by atoms with E-state index in [2.05, 4.69) is 5.32 Å². The lowest BCUT2D eigenvalue weighted by atomic mass is 10.1. The number of hydrogen-bond acceptors (Lipinski definition) is 4. The molecule has 3 amide bonds. The summed E-state index contributed by atoms with van der Waals surface area (Å²) in [6.07, 6.45) is 2.80. The zero-order valence-corrected chi connectivity index (χ0v) is 15.1. The Morgan fingerprint density at radius 2 is 1.96 bits per heavy atom. The summed E-state index contributed by atoms with van der Waals surface area (Å²) in [6.45, 7) is 4.46. The number of nitrogens with zero attached hydrogens (tertiary/aromatic N) is 1. The van der Waals surface area contributed by atoms with E-state index in [-0.39, 0.29) is 30.1 Å². The quantitative estimate of drug-likeness (QED) is 0.753. The van der Waals surface area contributed by atoms with Crippen molar-refractivity contribution in [2.75, 3.05) is 13.1 Å². The number of nitrogens with one attached hydrogen (secondary N) is 1. The van der Waals surface area contributed by atoms with Crippen LogP contribution in [0, 0.1) is 11.7 Å². The Morgan fingerprint density at radius 3 is 2.60 bits per heavy atom. The number of hydrogen-bond donors (Lipinski definition) is 1. The smallest absolute Gasteiger partial charge is 0.293 e. The first kappa shape index (κ1) is 19.2. The standard InChI is InChI=1S/C18H21FN2O3S/c1-12(2)3-8-16(22)20-9-10-21-17(23)15(25-18(21)24)11-13-4-6-14(19)7-5-13/h4-7,11-12H,3,8-10H2,1-2H3,(H,20,22)/b15-11-. The average molecular weight is 364 g/mol. The molecule has 1 aromatic rings. The highest BCUT2D eigenvalue weighted by molar-refractivity contribution is 8.18. The van der Waals surface area contributed by atoms with E-state index in [0.29, 0.717) is 22.8 Å². The molecule has 0 unspecified atom stereocenters. The van der Waals surface area contributed by atoms with Crippen molar-refractivity contribution in [3.05, 3.63) is 40.6 Å². The minimum Gasteiger partial charge on any atom is -0.354 e. The first-order valence-corrected chi connectivity index (χ1v) is 8.96. The van der Waals surface area contributed by atoms with E-state index in [1.807, 2.05) is 13.8 Å². The van der Waals surface area contributed by atoms with E-state index < -0.39 is 5.91 Å². The predicted octanol–water partition coefficient (Wildman–Crippen LogP) is 3.41. The highest BCUT2D eigenvalue weighted by atomic mass is 32.2. The molecule has 25 heavy (non-hydrogen) atoms. The third-order valence-electron chi connectivity index (χ3n) is 3.65. The Bertz CT molecular complexity index is 686. The van der Waals surface area contributed by atoms with Crippen LogP contribution in [-0.4, -0.2) is 35.0 Å². The summed E-state index contributed by atoms with van der Waals surface area (Å²) < 4.78 is 12.9. The number of rotatable bonds is 7. The molecule has 1 fully saturated rings. The molecule has 7 heteroatoms. The second kappa shape index (κ2) is 8.80. The number of halogens is 1. The minimum atomic E-state index is -0.393. The third kappa shape index (κ3) is 5.70. The molecule has 0 aliphatic carbocycles. The molecule has 1 aliphatic heterocycles. The van der Waals surface area contributed by atoms with Crippen LogP contribution >= 0.6 is 11.8 Å². The fourth-order valence-electron chi connectivity index (χ4n) is 2.22. The Labute approximate surface area is 150 Å². The molecule has 1 heterocycles. The second-order valence-corrected chi connectivity index (χ2v) is 7.16. The van der Waals surface area contributed by atoms with Crippen LogP contribution in [0.2, 0.25) is 0 Å². The van der Waals surface area contributed by atoms with Crippen LogP contribution in [0.3, 0.4) is 0 Å². The maximum atomic E-state index is 12.9. The van der Waals surface area contributed by atoms with Gasteiger partial charge in [0.05, 0.1) is 4.91 Å². The molecule has 0 atom stereocenters. The lowest BCUT2D eigenvalue weighted by Crippen LogP contribution is -2.37. The lowest BCUT2D eigenvalue weighted by molar-refractivity contribution is -0.124. The summed E-state index contributed by atoms with van der Waals surface area (Å²) in [6, 6.07) is 5.67. The van der Waals surface area contributed by atoms with Gasteiger partial charge in [-0.2, -0.15) is 0 Å². The fraction of sp³-hybridized carbons (Fsp3) is 0.389. The monoisotopic (exact) mass is 364 g/mol. The largest absolute Gasteiger partial charge is 0.354 e. The second-order valence-electron chi connectivity index (χ2n) is 6.17. The van der Waals surface area contributed by atoms with Crippen molar-refractivity contribution in [3.8, 4) is 0 Å². The molecule has 0 spiro atoms. The van der Waals surface area contributed by atoms with Crippen molar-refractivity contribution in [2.24, 2.45) is 5.92 Å². The summed E-state index contributed by atoms with van der Waals surface area (Å²) in [7, 11) is 0. The number of benzene rings is 1. The Hall–Kier alpha value is -2.15. The Balaban J connectivity index is 1.88. The van der Waals surface area contributed by atoms with Crippen molar-refractivity contribution in [1.82, 2.24) is 10.2 Å². The van der Waals surface area contributed by atoms with Gasteiger partial charge in [-0.25, -0.2) is 4.39 Å². The highest BCUT2D eigenvalue weighted by Crippen LogP contribution is 2.31. The summed E-state index contributed by atoms with van der Waals surface area (Å²) in [5, 5.41) is 2.36. The normalized spacial score (nSPS) is 16.2. The molecule has 0 radical (unpaired) electrons. The van der Waals surface area contributed by atoms with Crippen LogP contribution < -0.4 is 5.32 Å². The Kier molecular flexibility index (Phi) is 6.75. The maximum Gasteiger partial charge on any atom is 0.293 e. The van der Waals surface area contributed by atoms with E-state index in [0.717, 1.165) is 23.1 Å². The van der Waals surface area contributed by atoms with Gasteiger partial charge in [-0.15, -0.1) is 0 Å². The number of thioether (sulfide) groups is 1. The minimum absolute atomic E-state index is 0.0810. The summed E-state index contributed by atoms with van der Waals surface area (Å²) in [5.74, 6) is -0.389. The number of imide groups is 1. The molecule has 2 rings (SSSR count). The van der Waals surface area contributed by atoms with Gasteiger partial charge in [-0.1, -0.05) is 26.0 Å². The first-order valence-electron chi connectivity index (χ1n) is 8.14. The number of amides is 3. The lowest BCUT2D eigenvalue weighted by Gasteiger charge is -2.13. The van der Waals surface area contributed by atoms with Gasteiger partial charge in [0.2, 0.25) is 5.91 Å². The molecule has 134 valence electrons. The van der Waals surface area contributed by atoms with E-state index >= 15 is 0 Å². The van der Waals surface area contributed by atoms with E-state index in [9.17, 15) is 18.8 Å². The van der Waals surface area contributed by atoms with Crippen molar-refractivity contribution in [2.45, 2.75) is 26.7 Å². The molecule has 0 aromatic heterocycles. The molecule has 0 bridgehead atoms. The van der Waals surface area contributed by atoms with Crippen LogP contribution in [0.1, 0.15) is 32.3 Å². The van der Waals surface area contributed by atoms with Gasteiger partial charge in [0, 0.05) is 19.5 Å². The van der Waals surface area contributed by atoms with Crippen molar-refractivity contribution in [3.63, 3.8) is 0 Å². The van der Waals surface area contributed by atoms with Crippen molar-refractivity contribution in [1.29, 1.82) is 0 Å². The summed E-state index contributed by atoms with van der Waals surface area (Å²) in [5.41, 5.74) is 0.647. The third-order valence-corrected chi connectivity index (χ3v) is 4.56. The van der Waals surface area contributed by atoms with Crippen molar-refractivity contribution >= 4 is 34.9 Å². The zero-order valence-electron chi connectivity index (χ0n) is 14.3. The molecule has 0 saturated carbocycles. The molecule has 5 nitrogen and oxygen atoms in total. The topological polar surface area (TPSA) is 66.5 Å². The van der Waals surface area contributed by atoms with Crippen molar-refractivity contribution < 1.29 is 18.8 Å². The van der Waals surface area contributed by atoms with Crippen LogP contribution in [0.15, 0.2) is 29.2 Å². The highest BCUT2D eigenvalue weighted by Gasteiger charge is 2.34. The van der Waals surface area contributed by atoms with E-state index in [1.165, 1.54) is 24.3 Å². The molecule has 1 N–H and O–H groups in total. The zero-order chi connectivity index (χ0) is 18.4. The molecule has 1 saturated heterocycles. The summed E-state index contributed by atoms with van der Waals surface area (Å²) in [4.78, 5) is 37.4. The van der Waals surface area contributed by atoms with Gasteiger partial charge in [0.25, 0.3) is 11.1 Å². The van der Waals surface area contributed by atoms with Crippen LogP contribution in [-0.2, 0) is 9.59 Å². The van der Waals surface area contributed by atoms with Crippen LogP contribution in [0.5, 0.6) is 0 Å². The van der Waals surface area contributed by atoms with Gasteiger partial charge in [-0.05, 0) is 47.9 Å². The fourth-order valence-corrected chi connectivity index (χ4v) is 3.08. The Morgan fingerprint density at radius 1 is 1.28 bits per heavy atom. The van der Waals surface area contributed by atoms with Gasteiger partial charge in [-0.3, -0.25) is 19.3 Å². The number of carbonyl (C=O) groups is 3. The molecular formula is C18H21FN2O3S. The number of carbonyl (C=O) groups excluding carboxylic acids is 3. The van der Waals surface area contributed by atoms with Crippen LogP contribution in [0.25, 0.3) is 6.08 Å². The predicted molar refractivity (Wildman–Crippen MR) is 96.2 cm³/mol. The average Bonchev–Trinajstić information content (AvgIpc) is 2.82. The molecule has 1 aliphatic rings. The van der Waals surface area contributed by atoms with E-state index in [4.69, 9.17) is 0 Å². The van der Waals surface area contributed by atoms with Gasteiger partial charge >= 0.3 is 0 Å². The first-order chi connectivity index (χ1) is 11.9. The summed E-state index contributed by atoms with van der Waals surface area (Å²) >= 11 is 0.846. The maximum absolute atomic E-state index is 12.9. The van der Waals surface area contributed by atoms with Gasteiger partial charge < -0.3 is 5.32 Å². The van der Waals surface area contributed by atoms with Gasteiger partial charge in [0.1, 0.15) is 5.82 Å². The van der Waals surface area contributed by atoms with Gasteiger partial charge in [0.15, 0.2) is 0 Å². The SMILES string of the molecule is CC(C)CCC(=O)NCCN1C(=O)S/C(=C\c2ccc(F)cc2)C1=O.